The summed E-state index contributed by atoms with van der Waals surface area (Å²) in [5.74, 6) is -0.166. The molecule has 0 bridgehead atoms. The molecule has 0 spiro atoms. The van der Waals surface area contributed by atoms with Gasteiger partial charge >= 0.3 is 0 Å². The zero-order chi connectivity index (χ0) is 23.3. The molecule has 0 fully saturated rings. The number of hydrogen-bond acceptors (Lipinski definition) is 6. The van der Waals surface area contributed by atoms with Gasteiger partial charge in [0.2, 0.25) is 11.7 Å². The number of benzene rings is 3. The van der Waals surface area contributed by atoms with Crippen LogP contribution in [-0.2, 0) is 24.3 Å². The van der Waals surface area contributed by atoms with Crippen molar-refractivity contribution >= 4 is 22.5 Å². The van der Waals surface area contributed by atoms with E-state index in [1.807, 2.05) is 84.9 Å². The molecule has 9 heteroatoms. The molecule has 1 amide bonds. The lowest BCUT2D eigenvalue weighted by atomic mass is 10.1. The van der Waals surface area contributed by atoms with Gasteiger partial charge in [-0.1, -0.05) is 78.9 Å². The lowest BCUT2D eigenvalue weighted by Crippen LogP contribution is -2.10. The van der Waals surface area contributed by atoms with E-state index in [1.54, 1.807) is 4.57 Å². The predicted octanol–water partition coefficient (Wildman–Crippen LogP) is 4.55. The Bertz CT molecular complexity index is 1460. The number of fused-ring (bicyclic) bond motifs is 1. The van der Waals surface area contributed by atoms with Gasteiger partial charge in [-0.15, -0.1) is 20.4 Å². The Kier molecular flexibility index (Phi) is 5.89. The number of aromatic hydroxyl groups is 1. The Hall–Kier alpha value is -4.66. The standard InChI is InChI=1S/C25H21N7O2/c33-22(17-32-29-24(28-30-32)19-11-5-2-6-12-19)26-27-23-20-13-7-8-14-21(20)31(25(23)34)16-15-18-9-3-1-4-10-18/h1-14,34H,15-17H2. The second kappa shape index (κ2) is 9.45. The van der Waals surface area contributed by atoms with Crippen LogP contribution in [0.1, 0.15) is 5.56 Å². The first-order chi connectivity index (χ1) is 16.7. The monoisotopic (exact) mass is 451 g/mol. The van der Waals surface area contributed by atoms with E-state index in [0.717, 1.165) is 28.5 Å². The van der Waals surface area contributed by atoms with E-state index in [9.17, 15) is 9.90 Å². The number of azo groups is 1. The maximum absolute atomic E-state index is 12.4. The minimum Gasteiger partial charge on any atom is -0.493 e. The van der Waals surface area contributed by atoms with Crippen molar-refractivity contribution in [3.05, 3.63) is 90.5 Å². The van der Waals surface area contributed by atoms with Crippen LogP contribution in [0.4, 0.5) is 5.69 Å². The summed E-state index contributed by atoms with van der Waals surface area (Å²) in [6.45, 7) is 0.349. The average molecular weight is 451 g/mol. The highest BCUT2D eigenvalue weighted by atomic mass is 16.3. The molecule has 0 saturated carbocycles. The van der Waals surface area contributed by atoms with Crippen molar-refractivity contribution in [2.45, 2.75) is 19.5 Å². The van der Waals surface area contributed by atoms with Crippen molar-refractivity contribution < 1.29 is 9.90 Å². The minimum absolute atomic E-state index is 0.0288. The first-order valence-corrected chi connectivity index (χ1v) is 10.8. The zero-order valence-corrected chi connectivity index (χ0v) is 18.2. The molecule has 0 aliphatic rings. The van der Waals surface area contributed by atoms with E-state index in [4.69, 9.17) is 0 Å². The molecule has 0 aliphatic carbocycles. The van der Waals surface area contributed by atoms with Gasteiger partial charge in [0.1, 0.15) is 6.54 Å². The van der Waals surface area contributed by atoms with Crippen LogP contribution in [0.15, 0.2) is 95.2 Å². The van der Waals surface area contributed by atoms with Gasteiger partial charge < -0.3 is 9.67 Å². The lowest BCUT2D eigenvalue weighted by Gasteiger charge is -2.07. The Morgan fingerprint density at radius 2 is 1.62 bits per heavy atom. The van der Waals surface area contributed by atoms with Gasteiger partial charge in [-0.05, 0) is 23.3 Å². The summed E-state index contributed by atoms with van der Waals surface area (Å²) < 4.78 is 1.78. The van der Waals surface area contributed by atoms with Gasteiger partial charge in [-0.25, -0.2) is 0 Å². The fourth-order valence-electron chi connectivity index (χ4n) is 3.75. The van der Waals surface area contributed by atoms with Gasteiger partial charge in [0.15, 0.2) is 5.69 Å². The molecule has 0 atom stereocenters. The van der Waals surface area contributed by atoms with E-state index in [1.165, 1.54) is 4.80 Å². The van der Waals surface area contributed by atoms with Crippen LogP contribution < -0.4 is 0 Å². The van der Waals surface area contributed by atoms with Crippen LogP contribution in [0.5, 0.6) is 5.88 Å². The van der Waals surface area contributed by atoms with Gasteiger partial charge in [-0.3, -0.25) is 4.79 Å². The predicted molar refractivity (Wildman–Crippen MR) is 127 cm³/mol. The summed E-state index contributed by atoms with van der Waals surface area (Å²) in [6.07, 6.45) is 0.740. The normalized spacial score (nSPS) is 11.4. The number of carbonyl (C=O) groups excluding carboxylic acids is 1. The third-order valence-corrected chi connectivity index (χ3v) is 5.41. The van der Waals surface area contributed by atoms with Crippen molar-refractivity contribution in [1.82, 2.24) is 24.8 Å². The van der Waals surface area contributed by atoms with Gasteiger partial charge in [0, 0.05) is 17.5 Å². The molecule has 34 heavy (non-hydrogen) atoms. The molecule has 5 aromatic rings. The second-order valence-electron chi connectivity index (χ2n) is 7.68. The summed E-state index contributed by atoms with van der Waals surface area (Å²) in [6, 6.07) is 26.9. The fraction of sp³-hybridized carbons (Fsp3) is 0.120. The molecule has 5 rings (SSSR count). The molecule has 168 valence electrons. The molecule has 0 aliphatic heterocycles. The van der Waals surface area contributed by atoms with E-state index < -0.39 is 5.91 Å². The highest BCUT2D eigenvalue weighted by Crippen LogP contribution is 2.38. The topological polar surface area (TPSA) is 111 Å². The summed E-state index contributed by atoms with van der Waals surface area (Å²) in [5.41, 5.74) is 3.04. The van der Waals surface area contributed by atoms with E-state index >= 15 is 0 Å². The number of amides is 1. The van der Waals surface area contributed by atoms with Crippen LogP contribution in [0, 0.1) is 0 Å². The Morgan fingerprint density at radius 1 is 0.912 bits per heavy atom. The average Bonchev–Trinajstić information content (AvgIpc) is 3.44. The van der Waals surface area contributed by atoms with E-state index in [-0.39, 0.29) is 18.1 Å². The fourth-order valence-corrected chi connectivity index (χ4v) is 3.75. The number of aromatic nitrogens is 5. The molecular weight excluding hydrogens is 430 g/mol. The highest BCUT2D eigenvalue weighted by molar-refractivity contribution is 5.95. The Morgan fingerprint density at radius 3 is 2.41 bits per heavy atom. The number of tetrazole rings is 1. The quantitative estimate of drug-likeness (QED) is 0.365. The molecular formula is C25H21N7O2. The molecule has 0 unspecified atom stereocenters. The van der Waals surface area contributed by atoms with Crippen LogP contribution in [0.3, 0.4) is 0 Å². The number of rotatable bonds is 7. The molecule has 3 aromatic carbocycles. The SMILES string of the molecule is O=C(Cn1nnc(-c2ccccc2)n1)N=Nc1c(O)n(CCc2ccccc2)c2ccccc12. The maximum Gasteiger partial charge on any atom is 0.287 e. The molecule has 9 nitrogen and oxygen atoms in total. The Labute approximate surface area is 195 Å². The van der Waals surface area contributed by atoms with Crippen molar-refractivity contribution in [3.63, 3.8) is 0 Å². The van der Waals surface area contributed by atoms with Crippen molar-refractivity contribution in [2.75, 3.05) is 0 Å². The van der Waals surface area contributed by atoms with Gasteiger partial charge in [0.05, 0.1) is 5.52 Å². The summed E-state index contributed by atoms with van der Waals surface area (Å²) in [4.78, 5) is 13.6. The minimum atomic E-state index is -0.558. The highest BCUT2D eigenvalue weighted by Gasteiger charge is 2.17. The zero-order valence-electron chi connectivity index (χ0n) is 18.2. The van der Waals surface area contributed by atoms with Crippen LogP contribution in [0.25, 0.3) is 22.3 Å². The third kappa shape index (κ3) is 4.44. The smallest absolute Gasteiger partial charge is 0.287 e. The number of para-hydroxylation sites is 1. The van der Waals surface area contributed by atoms with E-state index in [0.29, 0.717) is 12.4 Å². The summed E-state index contributed by atoms with van der Waals surface area (Å²) in [5, 5.41) is 31.6. The van der Waals surface area contributed by atoms with Crippen LogP contribution in [0.2, 0.25) is 0 Å². The summed E-state index contributed by atoms with van der Waals surface area (Å²) in [7, 11) is 0. The van der Waals surface area contributed by atoms with E-state index in [2.05, 4.69) is 25.6 Å². The van der Waals surface area contributed by atoms with Crippen LogP contribution in [-0.4, -0.2) is 35.8 Å². The number of carbonyl (C=O) groups is 1. The van der Waals surface area contributed by atoms with Gasteiger partial charge in [-0.2, -0.15) is 4.80 Å². The number of hydrogen-bond donors (Lipinski definition) is 1. The van der Waals surface area contributed by atoms with Crippen molar-refractivity contribution in [1.29, 1.82) is 0 Å². The van der Waals surface area contributed by atoms with Gasteiger partial charge in [0.25, 0.3) is 5.91 Å². The molecule has 0 saturated heterocycles. The molecule has 0 radical (unpaired) electrons. The Balaban J connectivity index is 1.34. The molecule has 2 aromatic heterocycles. The second-order valence-corrected chi connectivity index (χ2v) is 7.68. The molecule has 2 heterocycles. The third-order valence-electron chi connectivity index (χ3n) is 5.41. The lowest BCUT2D eigenvalue weighted by molar-refractivity contribution is -0.119. The first kappa shape index (κ1) is 21.2. The van der Waals surface area contributed by atoms with Crippen molar-refractivity contribution in [2.24, 2.45) is 10.2 Å². The molecule has 1 N–H and O–H groups in total. The van der Waals surface area contributed by atoms with Crippen LogP contribution >= 0.6 is 0 Å². The first-order valence-electron chi connectivity index (χ1n) is 10.8. The largest absolute Gasteiger partial charge is 0.493 e. The maximum atomic E-state index is 12.4. The summed E-state index contributed by atoms with van der Waals surface area (Å²) >= 11 is 0. The number of nitrogens with zero attached hydrogens (tertiary/aromatic N) is 7. The van der Waals surface area contributed by atoms with Crippen molar-refractivity contribution in [3.8, 4) is 17.3 Å². The number of aryl methyl sites for hydroxylation is 2.